The second-order valence-corrected chi connectivity index (χ2v) is 5.95. The van der Waals surface area contributed by atoms with Crippen LogP contribution in [0.4, 0.5) is 0 Å². The fourth-order valence-corrected chi connectivity index (χ4v) is 1.77. The fraction of sp³-hybridized carbons (Fsp3) is 0.500. The normalized spacial score (nSPS) is 8.67. The van der Waals surface area contributed by atoms with Crippen LogP contribution in [0.1, 0.15) is 76.1 Å². The highest BCUT2D eigenvalue weighted by atomic mass is 14.0. The molecule has 0 bridgehead atoms. The molecule has 0 unspecified atom stereocenters. The van der Waals surface area contributed by atoms with E-state index in [1.54, 1.807) is 0 Å². The van der Waals surface area contributed by atoms with Gasteiger partial charge in [0.05, 0.1) is 0 Å². The number of aryl methyl sites for hydroxylation is 4. The van der Waals surface area contributed by atoms with E-state index in [-0.39, 0.29) is 0 Å². The third-order valence-corrected chi connectivity index (χ3v) is 3.16. The first-order valence-electron chi connectivity index (χ1n) is 9.62. The first kappa shape index (κ1) is 24.7. The Morgan fingerprint density at radius 1 is 0.583 bits per heavy atom. The van der Waals surface area contributed by atoms with Crippen molar-refractivity contribution in [1.29, 1.82) is 0 Å². The predicted molar refractivity (Wildman–Crippen MR) is 113 cm³/mol. The van der Waals surface area contributed by atoms with Crippen LogP contribution >= 0.6 is 0 Å². The molecule has 24 heavy (non-hydrogen) atoms. The first-order valence-corrected chi connectivity index (χ1v) is 9.62. The van der Waals surface area contributed by atoms with Gasteiger partial charge in [-0.2, -0.15) is 0 Å². The van der Waals surface area contributed by atoms with E-state index in [1.807, 2.05) is 13.8 Å². The second kappa shape index (κ2) is 17.8. The molecule has 0 aliphatic carbocycles. The van der Waals surface area contributed by atoms with Gasteiger partial charge in [0.25, 0.3) is 0 Å². The fourth-order valence-electron chi connectivity index (χ4n) is 1.77. The molecule has 0 atom stereocenters. The Morgan fingerprint density at radius 3 is 1.17 bits per heavy atom. The predicted octanol–water partition coefficient (Wildman–Crippen LogP) is 8.08. The van der Waals surface area contributed by atoms with Crippen LogP contribution in [0.25, 0.3) is 0 Å². The molecule has 0 amide bonds. The van der Waals surface area contributed by atoms with E-state index in [4.69, 9.17) is 0 Å². The van der Waals surface area contributed by atoms with E-state index in [0.29, 0.717) is 0 Å². The number of hydrogen-bond donors (Lipinski definition) is 0. The van der Waals surface area contributed by atoms with Crippen molar-refractivity contribution in [2.75, 3.05) is 0 Å². The summed E-state index contributed by atoms with van der Waals surface area (Å²) in [7, 11) is 0. The Bertz CT molecular complexity index is 441. The lowest BCUT2D eigenvalue weighted by Crippen LogP contribution is -1.83. The molecule has 2 rings (SSSR count). The summed E-state index contributed by atoms with van der Waals surface area (Å²) in [4.78, 5) is 0. The summed E-state index contributed by atoms with van der Waals surface area (Å²) in [5.41, 5.74) is 5.48. The van der Waals surface area contributed by atoms with Gasteiger partial charge in [0, 0.05) is 0 Å². The van der Waals surface area contributed by atoms with Crippen molar-refractivity contribution in [1.82, 2.24) is 0 Å². The van der Waals surface area contributed by atoms with Gasteiger partial charge in [-0.3, -0.25) is 0 Å². The maximum atomic E-state index is 2.23. The smallest absolute Gasteiger partial charge is 0.0279 e. The molecular formula is C24H40. The Balaban J connectivity index is 0. The lowest BCUT2D eigenvalue weighted by atomic mass is 10.1. The summed E-state index contributed by atoms with van der Waals surface area (Å²) in [6.45, 7) is 16.8. The van der Waals surface area contributed by atoms with E-state index in [9.17, 15) is 0 Å². The average molecular weight is 329 g/mol. The van der Waals surface area contributed by atoms with Crippen LogP contribution in [-0.2, 0) is 6.42 Å². The van der Waals surface area contributed by atoms with E-state index < -0.39 is 0 Å². The molecular weight excluding hydrogens is 288 g/mol. The monoisotopic (exact) mass is 328 g/mol. The van der Waals surface area contributed by atoms with Crippen molar-refractivity contribution in [3.8, 4) is 0 Å². The average Bonchev–Trinajstić information content (AvgIpc) is 2.60. The molecule has 0 fully saturated rings. The van der Waals surface area contributed by atoms with Crippen LogP contribution in [0.3, 0.4) is 0 Å². The second-order valence-electron chi connectivity index (χ2n) is 5.95. The van der Waals surface area contributed by atoms with Crippen LogP contribution in [0, 0.1) is 20.8 Å². The maximum Gasteiger partial charge on any atom is -0.0279 e. The topological polar surface area (TPSA) is 0 Å². The third kappa shape index (κ3) is 15.3. The molecule has 2 aromatic carbocycles. The molecule has 0 aliphatic heterocycles. The zero-order chi connectivity index (χ0) is 18.8. The molecule has 0 heterocycles. The highest BCUT2D eigenvalue weighted by Gasteiger charge is 1.90. The summed E-state index contributed by atoms with van der Waals surface area (Å²) < 4.78 is 0. The number of rotatable bonds is 3. The van der Waals surface area contributed by atoms with Gasteiger partial charge in [-0.05, 0) is 39.2 Å². The van der Waals surface area contributed by atoms with E-state index in [2.05, 4.69) is 90.1 Å². The van der Waals surface area contributed by atoms with Gasteiger partial charge in [0.2, 0.25) is 0 Å². The highest BCUT2D eigenvalue weighted by molar-refractivity contribution is 5.21. The molecule has 0 saturated heterocycles. The Morgan fingerprint density at radius 2 is 0.875 bits per heavy atom. The molecule has 0 aliphatic rings. The van der Waals surface area contributed by atoms with Gasteiger partial charge >= 0.3 is 0 Å². The summed E-state index contributed by atoms with van der Waals surface area (Å²) >= 11 is 0. The van der Waals surface area contributed by atoms with Gasteiger partial charge in [0.1, 0.15) is 0 Å². The molecule has 0 N–H and O–H groups in total. The quantitative estimate of drug-likeness (QED) is 0.534. The van der Waals surface area contributed by atoms with Crippen molar-refractivity contribution in [2.45, 2.75) is 81.1 Å². The van der Waals surface area contributed by atoms with Crippen LogP contribution < -0.4 is 0 Å². The summed E-state index contributed by atoms with van der Waals surface area (Å²) in [5, 5.41) is 0. The molecule has 0 radical (unpaired) electrons. The van der Waals surface area contributed by atoms with Crippen molar-refractivity contribution < 1.29 is 0 Å². The van der Waals surface area contributed by atoms with Crippen molar-refractivity contribution in [2.24, 2.45) is 0 Å². The van der Waals surface area contributed by atoms with Crippen molar-refractivity contribution in [3.63, 3.8) is 0 Å². The maximum absolute atomic E-state index is 2.23. The van der Waals surface area contributed by atoms with Gasteiger partial charge in [0.15, 0.2) is 0 Å². The number of hydrogen-bond acceptors (Lipinski definition) is 0. The Hall–Kier alpha value is -1.56. The Labute approximate surface area is 152 Å². The Kier molecular flexibility index (Phi) is 18.3. The third-order valence-electron chi connectivity index (χ3n) is 3.16. The van der Waals surface area contributed by atoms with E-state index in [0.717, 1.165) is 0 Å². The largest absolute Gasteiger partial charge is 0.0683 e. The lowest BCUT2D eigenvalue weighted by molar-refractivity contribution is 0.795. The summed E-state index contributed by atoms with van der Waals surface area (Å²) in [5.74, 6) is 0. The van der Waals surface area contributed by atoms with Crippen molar-refractivity contribution >= 4 is 0 Å². The van der Waals surface area contributed by atoms with Gasteiger partial charge in [-0.1, -0.05) is 113 Å². The van der Waals surface area contributed by atoms with Gasteiger partial charge in [-0.25, -0.2) is 0 Å². The minimum Gasteiger partial charge on any atom is -0.0683 e. The molecule has 2 aromatic rings. The van der Waals surface area contributed by atoms with Crippen LogP contribution in [0.15, 0.2) is 48.5 Å². The van der Waals surface area contributed by atoms with Crippen LogP contribution in [0.2, 0.25) is 0 Å². The minimum absolute atomic E-state index is 1.23. The van der Waals surface area contributed by atoms with Gasteiger partial charge < -0.3 is 0 Å². The molecule has 0 nitrogen and oxygen atoms in total. The lowest BCUT2D eigenvalue weighted by Gasteiger charge is -1.99. The minimum atomic E-state index is 1.23. The molecule has 136 valence electrons. The number of unbranched alkanes of at least 4 members (excludes halogenated alkanes) is 1. The summed E-state index contributed by atoms with van der Waals surface area (Å²) in [6.07, 6.45) is 5.08. The molecule has 0 saturated carbocycles. The molecule has 0 spiro atoms. The van der Waals surface area contributed by atoms with Crippen molar-refractivity contribution in [3.05, 3.63) is 70.8 Å². The first-order chi connectivity index (χ1) is 11.5. The van der Waals surface area contributed by atoms with E-state index >= 15 is 0 Å². The van der Waals surface area contributed by atoms with Crippen LogP contribution in [0.5, 0.6) is 0 Å². The zero-order valence-corrected chi connectivity index (χ0v) is 17.4. The SMILES string of the molecule is CC.CCC.CCCCc1ccc(C)cc1.Cc1ccc(C)cc1. The van der Waals surface area contributed by atoms with Gasteiger partial charge in [-0.15, -0.1) is 0 Å². The standard InChI is InChI=1S/C11H16.C8H10.C3H8.C2H6/c1-3-4-5-11-8-6-10(2)7-9-11;1-7-3-5-8(2)6-4-7;1-3-2;1-2/h6-9H,3-5H2,1-2H3;3-6H,1-2H3;3H2,1-2H3;1-2H3. The zero-order valence-electron chi connectivity index (χ0n) is 17.4. The summed E-state index contributed by atoms with van der Waals surface area (Å²) in [6, 6.07) is 17.3. The van der Waals surface area contributed by atoms with E-state index in [1.165, 1.54) is 47.9 Å². The highest BCUT2D eigenvalue weighted by Crippen LogP contribution is 2.06. The number of benzene rings is 2. The molecule has 0 aromatic heterocycles. The molecule has 0 heteroatoms. The van der Waals surface area contributed by atoms with Crippen LogP contribution in [-0.4, -0.2) is 0 Å².